The van der Waals surface area contributed by atoms with Crippen LogP contribution in [0, 0.1) is 0 Å². The molecule has 1 heterocycles. The predicted molar refractivity (Wildman–Crippen MR) is 106 cm³/mol. The van der Waals surface area contributed by atoms with Crippen LogP contribution in [0.15, 0.2) is 48.5 Å². The first-order valence-corrected chi connectivity index (χ1v) is 10.0. The van der Waals surface area contributed by atoms with E-state index in [2.05, 4.69) is 43.3 Å². The first-order valence-electron chi connectivity index (χ1n) is 10.0. The van der Waals surface area contributed by atoms with Gasteiger partial charge in [0.25, 0.3) is 0 Å². The van der Waals surface area contributed by atoms with Gasteiger partial charge in [-0.1, -0.05) is 61.9 Å². The third-order valence-electron chi connectivity index (χ3n) is 5.90. The maximum Gasteiger partial charge on any atom is 0.410 e. The number of ether oxygens (including phenoxy) is 1. The Bertz CT molecular complexity index is 773. The maximum atomic E-state index is 12.8. The Morgan fingerprint density at radius 1 is 1.11 bits per heavy atom. The van der Waals surface area contributed by atoms with E-state index in [4.69, 9.17) is 4.74 Å². The van der Waals surface area contributed by atoms with E-state index in [1.807, 2.05) is 12.1 Å². The highest BCUT2D eigenvalue weighted by molar-refractivity contribution is 5.79. The van der Waals surface area contributed by atoms with Crippen molar-refractivity contribution >= 4 is 6.09 Å². The van der Waals surface area contributed by atoms with E-state index in [0.717, 1.165) is 25.7 Å². The number of likely N-dealkylation sites (tertiary alicyclic amines) is 1. The zero-order valence-electron chi connectivity index (χ0n) is 15.8. The van der Waals surface area contributed by atoms with Gasteiger partial charge in [0.05, 0.1) is 12.1 Å². The number of hydrogen-bond donors (Lipinski definition) is 1. The van der Waals surface area contributed by atoms with Gasteiger partial charge in [-0.15, -0.1) is 0 Å². The number of carbonyl (C=O) groups excluding carboxylic acids is 1. The molecule has 0 bridgehead atoms. The molecule has 2 aromatic carbocycles. The molecule has 1 aliphatic heterocycles. The van der Waals surface area contributed by atoms with Crippen LogP contribution in [0.1, 0.15) is 49.7 Å². The van der Waals surface area contributed by atoms with Gasteiger partial charge in [0.1, 0.15) is 6.61 Å². The summed E-state index contributed by atoms with van der Waals surface area (Å²) in [5, 5.41) is 10.3. The van der Waals surface area contributed by atoms with E-state index < -0.39 is 6.10 Å². The van der Waals surface area contributed by atoms with E-state index >= 15 is 0 Å². The second kappa shape index (κ2) is 7.73. The SMILES string of the molecule is CCC[C@@H]1[C@H](O)CCCN1C(=O)OCC1c2ccccc2-c2ccccc21. The molecule has 2 atom stereocenters. The molecule has 1 saturated heterocycles. The van der Waals surface area contributed by atoms with Gasteiger partial charge in [0.2, 0.25) is 0 Å². The number of rotatable bonds is 4. The van der Waals surface area contributed by atoms with Crippen LogP contribution in [-0.4, -0.2) is 41.4 Å². The fraction of sp³-hybridized carbons (Fsp3) is 0.435. The molecule has 27 heavy (non-hydrogen) atoms. The molecule has 2 aliphatic rings. The molecule has 0 unspecified atom stereocenters. The van der Waals surface area contributed by atoms with E-state index in [1.54, 1.807) is 4.90 Å². The lowest BCUT2D eigenvalue weighted by atomic mass is 9.95. The number of piperidine rings is 1. The average Bonchev–Trinajstić information content (AvgIpc) is 3.02. The number of fused-ring (bicyclic) bond motifs is 3. The van der Waals surface area contributed by atoms with Crippen LogP contribution in [0.5, 0.6) is 0 Å². The van der Waals surface area contributed by atoms with Crippen molar-refractivity contribution in [3.63, 3.8) is 0 Å². The molecule has 4 nitrogen and oxygen atoms in total. The van der Waals surface area contributed by atoms with Crippen molar-refractivity contribution in [2.45, 2.75) is 50.7 Å². The van der Waals surface area contributed by atoms with Crippen molar-refractivity contribution in [1.82, 2.24) is 4.90 Å². The van der Waals surface area contributed by atoms with Crippen LogP contribution in [0.4, 0.5) is 4.79 Å². The van der Waals surface area contributed by atoms with Gasteiger partial charge in [0, 0.05) is 12.5 Å². The molecule has 1 fully saturated rings. The Kier molecular flexibility index (Phi) is 5.17. The Morgan fingerprint density at radius 3 is 2.37 bits per heavy atom. The van der Waals surface area contributed by atoms with Gasteiger partial charge in [-0.2, -0.15) is 0 Å². The van der Waals surface area contributed by atoms with Crippen molar-refractivity contribution in [2.24, 2.45) is 0 Å². The quantitative estimate of drug-likeness (QED) is 0.864. The minimum atomic E-state index is -0.445. The molecule has 2 aromatic rings. The predicted octanol–water partition coefficient (Wildman–Crippen LogP) is 4.56. The van der Waals surface area contributed by atoms with E-state index in [-0.39, 0.29) is 18.1 Å². The zero-order chi connectivity index (χ0) is 18.8. The van der Waals surface area contributed by atoms with E-state index in [9.17, 15) is 9.90 Å². The first kappa shape index (κ1) is 18.1. The summed E-state index contributed by atoms with van der Waals surface area (Å²) in [6.07, 6.45) is 2.59. The minimum absolute atomic E-state index is 0.0701. The highest BCUT2D eigenvalue weighted by Crippen LogP contribution is 2.44. The summed E-state index contributed by atoms with van der Waals surface area (Å²) in [7, 11) is 0. The van der Waals surface area contributed by atoms with Gasteiger partial charge >= 0.3 is 6.09 Å². The number of aliphatic hydroxyl groups excluding tert-OH is 1. The largest absolute Gasteiger partial charge is 0.448 e. The monoisotopic (exact) mass is 365 g/mol. The lowest BCUT2D eigenvalue weighted by Gasteiger charge is -2.38. The fourth-order valence-electron chi connectivity index (χ4n) is 4.58. The van der Waals surface area contributed by atoms with Crippen molar-refractivity contribution in [2.75, 3.05) is 13.2 Å². The standard InChI is InChI=1S/C23H27NO3/c1-2-8-21-22(25)13-7-14-24(21)23(26)27-15-20-18-11-5-3-9-16(18)17-10-4-6-12-19(17)20/h3-6,9-12,20-22,25H,2,7-8,13-15H2,1H3/t21-,22-/m1/s1. The van der Waals surface area contributed by atoms with Crippen molar-refractivity contribution < 1.29 is 14.6 Å². The van der Waals surface area contributed by atoms with Gasteiger partial charge in [-0.05, 0) is 41.5 Å². The summed E-state index contributed by atoms with van der Waals surface area (Å²) in [5.41, 5.74) is 4.89. The summed E-state index contributed by atoms with van der Waals surface area (Å²) in [5.74, 6) is 0.0701. The number of benzene rings is 2. The van der Waals surface area contributed by atoms with Crippen LogP contribution >= 0.6 is 0 Å². The number of nitrogens with zero attached hydrogens (tertiary/aromatic N) is 1. The van der Waals surface area contributed by atoms with Crippen LogP contribution in [-0.2, 0) is 4.74 Å². The normalized spacial score (nSPS) is 21.6. The third kappa shape index (κ3) is 3.34. The molecular weight excluding hydrogens is 338 g/mol. The topological polar surface area (TPSA) is 49.8 Å². The molecule has 4 rings (SSSR count). The summed E-state index contributed by atoms with van der Waals surface area (Å²) in [6, 6.07) is 16.6. The van der Waals surface area contributed by atoms with Crippen molar-refractivity contribution in [3.8, 4) is 11.1 Å². The Balaban J connectivity index is 1.51. The van der Waals surface area contributed by atoms with Gasteiger partial charge in [-0.3, -0.25) is 0 Å². The molecule has 0 radical (unpaired) electrons. The zero-order valence-corrected chi connectivity index (χ0v) is 15.8. The molecule has 1 aliphatic carbocycles. The van der Waals surface area contributed by atoms with Crippen LogP contribution in [0.3, 0.4) is 0 Å². The molecule has 0 aromatic heterocycles. The summed E-state index contributed by atoms with van der Waals surface area (Å²) >= 11 is 0. The average molecular weight is 365 g/mol. The van der Waals surface area contributed by atoms with Crippen LogP contribution in [0.25, 0.3) is 11.1 Å². The molecule has 1 N–H and O–H groups in total. The Labute approximate surface area is 160 Å². The molecule has 0 spiro atoms. The molecule has 142 valence electrons. The lowest BCUT2D eigenvalue weighted by Crippen LogP contribution is -2.51. The van der Waals surface area contributed by atoms with Crippen LogP contribution < -0.4 is 0 Å². The van der Waals surface area contributed by atoms with Crippen LogP contribution in [0.2, 0.25) is 0 Å². The van der Waals surface area contributed by atoms with E-state index in [1.165, 1.54) is 22.3 Å². The highest BCUT2D eigenvalue weighted by Gasteiger charge is 2.35. The minimum Gasteiger partial charge on any atom is -0.448 e. The first-order chi connectivity index (χ1) is 13.2. The molecule has 0 saturated carbocycles. The van der Waals surface area contributed by atoms with Crippen molar-refractivity contribution in [3.05, 3.63) is 59.7 Å². The Morgan fingerprint density at radius 2 is 1.74 bits per heavy atom. The summed E-state index contributed by atoms with van der Waals surface area (Å²) < 4.78 is 5.78. The highest BCUT2D eigenvalue weighted by atomic mass is 16.6. The van der Waals surface area contributed by atoms with Gasteiger partial charge in [0.15, 0.2) is 0 Å². The fourth-order valence-corrected chi connectivity index (χ4v) is 4.58. The van der Waals surface area contributed by atoms with Gasteiger partial charge < -0.3 is 14.7 Å². The van der Waals surface area contributed by atoms with Gasteiger partial charge in [-0.25, -0.2) is 4.79 Å². The molecular formula is C23H27NO3. The summed E-state index contributed by atoms with van der Waals surface area (Å²) in [4.78, 5) is 14.5. The molecule has 4 heteroatoms. The number of aliphatic hydroxyl groups is 1. The maximum absolute atomic E-state index is 12.8. The Hall–Kier alpha value is -2.33. The smallest absolute Gasteiger partial charge is 0.410 e. The number of hydrogen-bond acceptors (Lipinski definition) is 3. The van der Waals surface area contributed by atoms with E-state index in [0.29, 0.717) is 13.2 Å². The number of amides is 1. The van der Waals surface area contributed by atoms with Crippen molar-refractivity contribution in [1.29, 1.82) is 0 Å². The second-order valence-electron chi connectivity index (χ2n) is 7.56. The summed E-state index contributed by atoms with van der Waals surface area (Å²) in [6.45, 7) is 3.08. The second-order valence-corrected chi connectivity index (χ2v) is 7.56. The third-order valence-corrected chi connectivity index (χ3v) is 5.90. The lowest BCUT2D eigenvalue weighted by molar-refractivity contribution is 0.00150. The molecule has 1 amide bonds. The number of carbonyl (C=O) groups is 1.